The van der Waals surface area contributed by atoms with Crippen molar-refractivity contribution >= 4 is 17.8 Å². The molecule has 1 saturated heterocycles. The average molecular weight is 349 g/mol. The molecule has 0 spiro atoms. The minimum Gasteiger partial charge on any atom is -0.464 e. The van der Waals surface area contributed by atoms with Gasteiger partial charge >= 0.3 is 11.9 Å². The standard InChI is InChI=1S/C18H23NO6/c1-2-3-9-24-18(23)15(20)11-13-10-14(17(22)25-13)19-16(21)12-7-5-4-6-8-12/h4-8,13-15,20H,2-3,9-11H2,1H3,(H,19,21)/t13-,14-,15-/m0/s1. The van der Waals surface area contributed by atoms with Gasteiger partial charge in [0.2, 0.25) is 0 Å². The van der Waals surface area contributed by atoms with Crippen LogP contribution in [0.3, 0.4) is 0 Å². The highest BCUT2D eigenvalue weighted by atomic mass is 16.6. The molecule has 1 aliphatic heterocycles. The topological polar surface area (TPSA) is 102 Å². The number of aliphatic hydroxyl groups is 1. The number of benzene rings is 1. The second-order valence-electron chi connectivity index (χ2n) is 5.96. The van der Waals surface area contributed by atoms with Gasteiger partial charge in [0.1, 0.15) is 12.1 Å². The van der Waals surface area contributed by atoms with E-state index in [1.54, 1.807) is 30.3 Å². The third-order valence-corrected chi connectivity index (χ3v) is 3.91. The fourth-order valence-corrected chi connectivity index (χ4v) is 2.51. The summed E-state index contributed by atoms with van der Waals surface area (Å²) in [7, 11) is 0. The summed E-state index contributed by atoms with van der Waals surface area (Å²) in [6, 6.07) is 7.74. The van der Waals surface area contributed by atoms with Crippen molar-refractivity contribution in [3.63, 3.8) is 0 Å². The molecule has 0 aromatic heterocycles. The van der Waals surface area contributed by atoms with Gasteiger partial charge < -0.3 is 19.9 Å². The second kappa shape index (κ2) is 9.17. The van der Waals surface area contributed by atoms with Crippen molar-refractivity contribution in [3.05, 3.63) is 35.9 Å². The van der Waals surface area contributed by atoms with Gasteiger partial charge in [0.15, 0.2) is 6.10 Å². The van der Waals surface area contributed by atoms with Gasteiger partial charge in [0, 0.05) is 18.4 Å². The van der Waals surface area contributed by atoms with Crippen LogP contribution in [0.4, 0.5) is 0 Å². The van der Waals surface area contributed by atoms with Crippen LogP contribution in [-0.2, 0) is 19.1 Å². The predicted molar refractivity (Wildman–Crippen MR) is 88.7 cm³/mol. The Balaban J connectivity index is 1.81. The highest BCUT2D eigenvalue weighted by Gasteiger charge is 2.37. The van der Waals surface area contributed by atoms with E-state index in [0.29, 0.717) is 5.56 Å². The van der Waals surface area contributed by atoms with E-state index in [2.05, 4.69) is 5.32 Å². The number of ether oxygens (including phenoxy) is 2. The van der Waals surface area contributed by atoms with Gasteiger partial charge in [-0.15, -0.1) is 0 Å². The van der Waals surface area contributed by atoms with Crippen LogP contribution in [0.15, 0.2) is 30.3 Å². The van der Waals surface area contributed by atoms with Gasteiger partial charge in [-0.3, -0.25) is 4.79 Å². The van der Waals surface area contributed by atoms with Crippen molar-refractivity contribution < 1.29 is 29.0 Å². The molecule has 3 atom stereocenters. The van der Waals surface area contributed by atoms with Crippen LogP contribution < -0.4 is 5.32 Å². The Hall–Kier alpha value is -2.41. The third-order valence-electron chi connectivity index (χ3n) is 3.91. The van der Waals surface area contributed by atoms with E-state index in [9.17, 15) is 19.5 Å². The Morgan fingerprint density at radius 2 is 2.08 bits per heavy atom. The summed E-state index contributed by atoms with van der Waals surface area (Å²) < 4.78 is 10.1. The summed E-state index contributed by atoms with van der Waals surface area (Å²) in [4.78, 5) is 35.6. The minimum atomic E-state index is -1.35. The van der Waals surface area contributed by atoms with Crippen molar-refractivity contribution in [2.45, 2.75) is 50.9 Å². The van der Waals surface area contributed by atoms with E-state index in [1.165, 1.54) is 0 Å². The number of carbonyl (C=O) groups is 3. The maximum Gasteiger partial charge on any atom is 0.335 e. The Bertz CT molecular complexity index is 603. The number of rotatable bonds is 8. The quantitative estimate of drug-likeness (QED) is 0.540. The zero-order valence-corrected chi connectivity index (χ0v) is 14.1. The molecule has 0 saturated carbocycles. The molecule has 0 radical (unpaired) electrons. The highest BCUT2D eigenvalue weighted by Crippen LogP contribution is 2.20. The molecule has 0 bridgehead atoms. The maximum atomic E-state index is 12.1. The van der Waals surface area contributed by atoms with E-state index >= 15 is 0 Å². The predicted octanol–water partition coefficient (Wildman–Crippen LogP) is 1.19. The van der Waals surface area contributed by atoms with E-state index in [0.717, 1.165) is 12.8 Å². The molecule has 1 amide bonds. The van der Waals surface area contributed by atoms with E-state index in [4.69, 9.17) is 9.47 Å². The first kappa shape index (κ1) is 18.9. The van der Waals surface area contributed by atoms with Crippen molar-refractivity contribution in [1.29, 1.82) is 0 Å². The molecule has 1 aromatic carbocycles. The summed E-state index contributed by atoms with van der Waals surface area (Å²) in [6.45, 7) is 2.22. The molecule has 1 heterocycles. The molecular formula is C18H23NO6. The second-order valence-corrected chi connectivity index (χ2v) is 5.96. The lowest BCUT2D eigenvalue weighted by molar-refractivity contribution is -0.157. The van der Waals surface area contributed by atoms with Crippen LogP contribution in [0.25, 0.3) is 0 Å². The molecule has 1 fully saturated rings. The monoisotopic (exact) mass is 349 g/mol. The van der Waals surface area contributed by atoms with Crippen LogP contribution >= 0.6 is 0 Å². The van der Waals surface area contributed by atoms with E-state index < -0.39 is 30.2 Å². The molecule has 0 aliphatic carbocycles. The zero-order valence-electron chi connectivity index (χ0n) is 14.1. The van der Waals surface area contributed by atoms with Crippen LogP contribution in [0.1, 0.15) is 43.0 Å². The number of amides is 1. The Kier molecular flexibility index (Phi) is 6.94. The van der Waals surface area contributed by atoms with Crippen molar-refractivity contribution in [3.8, 4) is 0 Å². The van der Waals surface area contributed by atoms with Gasteiger partial charge in [-0.25, -0.2) is 9.59 Å². The average Bonchev–Trinajstić information content (AvgIpc) is 2.94. The van der Waals surface area contributed by atoms with Crippen LogP contribution in [-0.4, -0.2) is 47.8 Å². The van der Waals surface area contributed by atoms with Gasteiger partial charge in [0.25, 0.3) is 5.91 Å². The van der Waals surface area contributed by atoms with Crippen LogP contribution in [0, 0.1) is 0 Å². The van der Waals surface area contributed by atoms with Crippen LogP contribution in [0.2, 0.25) is 0 Å². The maximum absolute atomic E-state index is 12.1. The van der Waals surface area contributed by atoms with Gasteiger partial charge in [-0.1, -0.05) is 31.5 Å². The number of cyclic esters (lactones) is 1. The van der Waals surface area contributed by atoms with E-state index in [-0.39, 0.29) is 25.4 Å². The van der Waals surface area contributed by atoms with Crippen LogP contribution in [0.5, 0.6) is 0 Å². The molecule has 2 N–H and O–H groups in total. The Morgan fingerprint density at radius 1 is 1.36 bits per heavy atom. The number of carbonyl (C=O) groups excluding carboxylic acids is 3. The number of unbranched alkanes of at least 4 members (excludes halogenated alkanes) is 1. The lowest BCUT2D eigenvalue weighted by Crippen LogP contribution is -2.38. The molecule has 2 rings (SSSR count). The summed E-state index contributed by atoms with van der Waals surface area (Å²) >= 11 is 0. The minimum absolute atomic E-state index is 0.0472. The van der Waals surface area contributed by atoms with Gasteiger partial charge in [0.05, 0.1) is 6.61 Å². The molecule has 0 unspecified atom stereocenters. The fourth-order valence-electron chi connectivity index (χ4n) is 2.51. The number of hydrogen-bond acceptors (Lipinski definition) is 6. The van der Waals surface area contributed by atoms with Gasteiger partial charge in [-0.2, -0.15) is 0 Å². The number of nitrogens with one attached hydrogen (secondary N) is 1. The highest BCUT2D eigenvalue weighted by molar-refractivity contribution is 5.97. The Morgan fingerprint density at radius 3 is 2.76 bits per heavy atom. The normalized spacial score (nSPS) is 20.6. The molecule has 1 aliphatic rings. The molecule has 1 aromatic rings. The summed E-state index contributed by atoms with van der Waals surface area (Å²) in [5.74, 6) is -1.66. The lowest BCUT2D eigenvalue weighted by atomic mass is 10.1. The first-order valence-electron chi connectivity index (χ1n) is 8.42. The van der Waals surface area contributed by atoms with E-state index in [1.807, 2.05) is 6.92 Å². The summed E-state index contributed by atoms with van der Waals surface area (Å²) in [5.41, 5.74) is 0.443. The van der Waals surface area contributed by atoms with Crippen molar-refractivity contribution in [1.82, 2.24) is 5.32 Å². The number of esters is 2. The SMILES string of the molecule is CCCCOC(=O)[C@@H](O)C[C@@H]1C[C@H](NC(=O)c2ccccc2)C(=O)O1. The molecular weight excluding hydrogens is 326 g/mol. The molecule has 136 valence electrons. The molecule has 7 nitrogen and oxygen atoms in total. The molecule has 7 heteroatoms. The van der Waals surface area contributed by atoms with Crippen molar-refractivity contribution in [2.24, 2.45) is 0 Å². The number of aliphatic hydroxyl groups excluding tert-OH is 1. The summed E-state index contributed by atoms with van der Waals surface area (Å²) in [5, 5.41) is 12.5. The smallest absolute Gasteiger partial charge is 0.335 e. The first-order chi connectivity index (χ1) is 12.0. The number of hydrogen-bond donors (Lipinski definition) is 2. The molecule has 25 heavy (non-hydrogen) atoms. The lowest BCUT2D eigenvalue weighted by Gasteiger charge is -2.14. The third kappa shape index (κ3) is 5.56. The van der Waals surface area contributed by atoms with Crippen molar-refractivity contribution in [2.75, 3.05) is 6.61 Å². The zero-order chi connectivity index (χ0) is 18.2. The summed E-state index contributed by atoms with van der Waals surface area (Å²) in [6.07, 6.45) is -0.220. The van der Waals surface area contributed by atoms with Gasteiger partial charge in [-0.05, 0) is 18.6 Å². The Labute approximate surface area is 146 Å². The first-order valence-corrected chi connectivity index (χ1v) is 8.42. The largest absolute Gasteiger partial charge is 0.464 e. The fraction of sp³-hybridized carbons (Fsp3) is 0.500.